The van der Waals surface area contributed by atoms with Crippen LogP contribution >= 0.6 is 15.9 Å². The number of nitrogens with zero attached hydrogens (tertiary/aromatic N) is 1. The number of rotatable bonds is 3. The molecule has 0 saturated heterocycles. The van der Waals surface area contributed by atoms with Crippen molar-refractivity contribution in [3.8, 4) is 0 Å². The van der Waals surface area contributed by atoms with Gasteiger partial charge in [-0.25, -0.2) is 0 Å². The number of carbonyl (C=O) groups is 2. The Morgan fingerprint density at radius 1 is 1.50 bits per heavy atom. The molecule has 0 atom stereocenters. The van der Waals surface area contributed by atoms with Crippen LogP contribution in [0.1, 0.15) is 10.5 Å². The Labute approximate surface area is 101 Å². The number of halogens is 1. The lowest BCUT2D eigenvalue weighted by Crippen LogP contribution is -2.43. The quantitative estimate of drug-likeness (QED) is 0.781. The minimum Gasteiger partial charge on any atom is -0.375 e. The molecular formula is C9H12BrN3O3. The fraction of sp³-hybridized carbons (Fsp3) is 0.333. The highest BCUT2D eigenvalue weighted by Gasteiger charge is 2.11. The fourth-order valence-electron chi connectivity index (χ4n) is 1.11. The first kappa shape index (κ1) is 12.7. The van der Waals surface area contributed by atoms with E-state index in [4.69, 9.17) is 0 Å². The van der Waals surface area contributed by atoms with Gasteiger partial charge >= 0.3 is 0 Å². The molecule has 2 N–H and O–H groups in total. The normalized spacial score (nSPS) is 9.94. The molecule has 0 spiro atoms. The number of nitrogens with one attached hydrogen (secondary N) is 2. The van der Waals surface area contributed by atoms with Crippen LogP contribution in [0.25, 0.3) is 0 Å². The van der Waals surface area contributed by atoms with E-state index in [-0.39, 0.29) is 6.61 Å². The minimum atomic E-state index is -0.413. The number of ether oxygens (including phenoxy) is 1. The Balaban J connectivity index is 2.53. The number of aryl methyl sites for hydroxylation is 1. The molecule has 0 saturated carbocycles. The fourth-order valence-corrected chi connectivity index (χ4v) is 1.63. The Kier molecular flexibility index (Phi) is 4.51. The number of aromatic nitrogens is 1. The lowest BCUT2D eigenvalue weighted by Gasteiger charge is -2.06. The summed E-state index contributed by atoms with van der Waals surface area (Å²) < 4.78 is 7.03. The largest absolute Gasteiger partial charge is 0.375 e. The lowest BCUT2D eigenvalue weighted by atomic mass is 10.4. The molecule has 2 amide bonds. The zero-order chi connectivity index (χ0) is 12.1. The Bertz CT molecular complexity index is 403. The van der Waals surface area contributed by atoms with Crippen LogP contribution in [-0.4, -0.2) is 30.1 Å². The van der Waals surface area contributed by atoms with Gasteiger partial charge in [0.15, 0.2) is 0 Å². The van der Waals surface area contributed by atoms with Crippen molar-refractivity contribution in [2.45, 2.75) is 0 Å². The third kappa shape index (κ3) is 3.35. The third-order valence-corrected chi connectivity index (χ3v) is 2.23. The van der Waals surface area contributed by atoms with Gasteiger partial charge in [0, 0.05) is 24.8 Å². The zero-order valence-electron chi connectivity index (χ0n) is 8.91. The molecule has 88 valence electrons. The van der Waals surface area contributed by atoms with Gasteiger partial charge in [-0.05, 0) is 22.0 Å². The smallest absolute Gasteiger partial charge is 0.286 e. The predicted octanol–water partition coefficient (Wildman–Crippen LogP) is 0.195. The maximum Gasteiger partial charge on any atom is 0.286 e. The molecule has 0 bridgehead atoms. The van der Waals surface area contributed by atoms with Gasteiger partial charge in [0.25, 0.3) is 11.8 Å². The lowest BCUT2D eigenvalue weighted by molar-refractivity contribution is -0.125. The van der Waals surface area contributed by atoms with Gasteiger partial charge in [-0.3, -0.25) is 20.4 Å². The van der Waals surface area contributed by atoms with E-state index in [2.05, 4.69) is 31.5 Å². The molecular weight excluding hydrogens is 278 g/mol. The van der Waals surface area contributed by atoms with Gasteiger partial charge in [-0.2, -0.15) is 0 Å². The van der Waals surface area contributed by atoms with Gasteiger partial charge in [0.2, 0.25) is 0 Å². The second-order valence-corrected chi connectivity index (χ2v) is 4.01. The molecule has 1 rings (SSSR count). The summed E-state index contributed by atoms with van der Waals surface area (Å²) in [6.45, 7) is -0.100. The second kappa shape index (κ2) is 5.66. The molecule has 1 aromatic heterocycles. The first-order valence-corrected chi connectivity index (χ1v) is 5.24. The van der Waals surface area contributed by atoms with E-state index in [1.807, 2.05) is 0 Å². The summed E-state index contributed by atoms with van der Waals surface area (Å²) >= 11 is 3.25. The number of methoxy groups -OCH3 is 1. The molecule has 16 heavy (non-hydrogen) atoms. The zero-order valence-corrected chi connectivity index (χ0v) is 10.5. The third-order valence-electron chi connectivity index (χ3n) is 1.80. The van der Waals surface area contributed by atoms with Crippen LogP contribution in [0.2, 0.25) is 0 Å². The average molecular weight is 290 g/mol. The first-order valence-electron chi connectivity index (χ1n) is 4.44. The monoisotopic (exact) mass is 289 g/mol. The van der Waals surface area contributed by atoms with E-state index in [1.54, 1.807) is 23.9 Å². The Morgan fingerprint density at radius 3 is 2.69 bits per heavy atom. The minimum absolute atomic E-state index is 0.100. The topological polar surface area (TPSA) is 72.4 Å². The number of amides is 2. The van der Waals surface area contributed by atoms with Gasteiger partial charge in [0.1, 0.15) is 12.3 Å². The Morgan fingerprint density at radius 2 is 2.19 bits per heavy atom. The molecule has 0 aromatic carbocycles. The molecule has 0 aliphatic rings. The van der Waals surface area contributed by atoms with E-state index >= 15 is 0 Å². The molecule has 0 radical (unpaired) electrons. The van der Waals surface area contributed by atoms with Gasteiger partial charge in [-0.15, -0.1) is 0 Å². The summed E-state index contributed by atoms with van der Waals surface area (Å²) in [6.07, 6.45) is 1.74. The van der Waals surface area contributed by atoms with E-state index < -0.39 is 11.8 Å². The maximum absolute atomic E-state index is 11.6. The van der Waals surface area contributed by atoms with Crippen molar-refractivity contribution in [2.75, 3.05) is 13.7 Å². The van der Waals surface area contributed by atoms with Crippen LogP contribution < -0.4 is 10.9 Å². The second-order valence-electron chi connectivity index (χ2n) is 3.09. The van der Waals surface area contributed by atoms with Crippen LogP contribution in [0.15, 0.2) is 16.7 Å². The average Bonchev–Trinajstić information content (AvgIpc) is 2.55. The van der Waals surface area contributed by atoms with Crippen molar-refractivity contribution in [1.82, 2.24) is 15.4 Å². The molecule has 1 heterocycles. The highest BCUT2D eigenvalue weighted by Crippen LogP contribution is 2.13. The number of carbonyl (C=O) groups excluding carboxylic acids is 2. The van der Waals surface area contributed by atoms with Gasteiger partial charge in [-0.1, -0.05) is 0 Å². The Hall–Kier alpha value is -1.34. The van der Waals surface area contributed by atoms with Crippen molar-refractivity contribution in [2.24, 2.45) is 7.05 Å². The standard InChI is InChI=1S/C9H12BrN3O3/c1-13-4-6(10)3-7(13)9(15)12-11-8(14)5-16-2/h3-4H,5H2,1-2H3,(H,11,14)(H,12,15). The van der Waals surface area contributed by atoms with Gasteiger partial charge in [0.05, 0.1) is 0 Å². The molecule has 0 aliphatic heterocycles. The number of hydrazine groups is 1. The molecule has 7 heteroatoms. The van der Waals surface area contributed by atoms with Crippen molar-refractivity contribution in [3.63, 3.8) is 0 Å². The van der Waals surface area contributed by atoms with Gasteiger partial charge < -0.3 is 9.30 Å². The van der Waals surface area contributed by atoms with E-state index in [1.165, 1.54) is 7.11 Å². The van der Waals surface area contributed by atoms with Crippen LogP contribution in [0, 0.1) is 0 Å². The van der Waals surface area contributed by atoms with Crippen LogP contribution in [0.3, 0.4) is 0 Å². The molecule has 1 aromatic rings. The van der Waals surface area contributed by atoms with Crippen LogP contribution in [0.4, 0.5) is 0 Å². The maximum atomic E-state index is 11.6. The van der Waals surface area contributed by atoms with E-state index in [9.17, 15) is 9.59 Å². The summed E-state index contributed by atoms with van der Waals surface area (Å²) in [7, 11) is 3.13. The number of hydrogen-bond acceptors (Lipinski definition) is 3. The summed E-state index contributed by atoms with van der Waals surface area (Å²) in [5, 5.41) is 0. The summed E-state index contributed by atoms with van der Waals surface area (Å²) in [4.78, 5) is 22.6. The highest BCUT2D eigenvalue weighted by molar-refractivity contribution is 9.10. The first-order chi connectivity index (χ1) is 7.54. The highest BCUT2D eigenvalue weighted by atomic mass is 79.9. The van der Waals surface area contributed by atoms with Crippen LogP contribution in [-0.2, 0) is 16.6 Å². The molecule has 6 nitrogen and oxygen atoms in total. The van der Waals surface area contributed by atoms with Crippen molar-refractivity contribution >= 4 is 27.7 Å². The summed E-state index contributed by atoms with van der Waals surface area (Å²) in [5.74, 6) is -0.804. The summed E-state index contributed by atoms with van der Waals surface area (Å²) in [6, 6.07) is 1.65. The number of hydrogen-bond donors (Lipinski definition) is 2. The summed E-state index contributed by atoms with van der Waals surface area (Å²) in [5.41, 5.74) is 4.94. The van der Waals surface area contributed by atoms with E-state index in [0.717, 1.165) is 4.47 Å². The SMILES string of the molecule is COCC(=O)NNC(=O)c1cc(Br)cn1C. The van der Waals surface area contributed by atoms with E-state index in [0.29, 0.717) is 5.69 Å². The van der Waals surface area contributed by atoms with Crippen molar-refractivity contribution in [1.29, 1.82) is 0 Å². The van der Waals surface area contributed by atoms with Crippen LogP contribution in [0.5, 0.6) is 0 Å². The predicted molar refractivity (Wildman–Crippen MR) is 60.6 cm³/mol. The van der Waals surface area contributed by atoms with Crippen molar-refractivity contribution in [3.05, 3.63) is 22.4 Å². The molecule has 0 fully saturated rings. The molecule has 0 unspecified atom stereocenters. The molecule has 0 aliphatic carbocycles. The van der Waals surface area contributed by atoms with Crippen molar-refractivity contribution < 1.29 is 14.3 Å².